The van der Waals surface area contributed by atoms with E-state index in [1.54, 1.807) is 29.2 Å². The molecule has 1 fully saturated rings. The molecule has 122 valence electrons. The van der Waals surface area contributed by atoms with Crippen LogP contribution in [0.15, 0.2) is 42.6 Å². The Kier molecular flexibility index (Phi) is 4.97. The Bertz CT molecular complexity index is 745. The van der Waals surface area contributed by atoms with Crippen molar-refractivity contribution in [3.05, 3.63) is 58.9 Å². The van der Waals surface area contributed by atoms with E-state index in [0.29, 0.717) is 29.4 Å². The van der Waals surface area contributed by atoms with E-state index in [-0.39, 0.29) is 12.0 Å². The number of carbonyl (C=O) groups is 1. The fraction of sp³-hybridized carbons (Fsp3) is 0.278. The molecule has 2 heterocycles. The summed E-state index contributed by atoms with van der Waals surface area (Å²) >= 11 is 5.86. The molecule has 0 radical (unpaired) electrons. The van der Waals surface area contributed by atoms with Gasteiger partial charge in [-0.3, -0.25) is 4.79 Å². The van der Waals surface area contributed by atoms with Gasteiger partial charge in [-0.2, -0.15) is 5.26 Å². The number of nitriles is 1. The van der Waals surface area contributed by atoms with Crippen LogP contribution in [-0.4, -0.2) is 35.0 Å². The molecule has 0 unspecified atom stereocenters. The number of amides is 1. The maximum atomic E-state index is 12.4. The lowest BCUT2D eigenvalue weighted by atomic mass is 10.1. The summed E-state index contributed by atoms with van der Waals surface area (Å²) in [5.41, 5.74) is 0.813. The van der Waals surface area contributed by atoms with Crippen molar-refractivity contribution >= 4 is 17.5 Å². The van der Waals surface area contributed by atoms with Crippen molar-refractivity contribution < 1.29 is 9.53 Å². The number of halogens is 1. The van der Waals surface area contributed by atoms with Gasteiger partial charge in [0.2, 0.25) is 0 Å². The van der Waals surface area contributed by atoms with E-state index in [9.17, 15) is 4.79 Å². The van der Waals surface area contributed by atoms with Crippen molar-refractivity contribution in [1.82, 2.24) is 9.88 Å². The summed E-state index contributed by atoms with van der Waals surface area (Å²) in [5, 5.41) is 9.43. The van der Waals surface area contributed by atoms with Crippen LogP contribution in [0, 0.1) is 11.3 Å². The third-order valence-electron chi connectivity index (χ3n) is 3.97. The number of likely N-dealkylation sites (tertiary alicyclic amines) is 1. The van der Waals surface area contributed by atoms with E-state index in [4.69, 9.17) is 21.6 Å². The van der Waals surface area contributed by atoms with Crippen molar-refractivity contribution in [3.63, 3.8) is 0 Å². The van der Waals surface area contributed by atoms with Crippen LogP contribution in [0.3, 0.4) is 0 Å². The molecule has 1 amide bonds. The highest BCUT2D eigenvalue weighted by Gasteiger charge is 2.24. The van der Waals surface area contributed by atoms with Crippen LogP contribution >= 0.6 is 11.6 Å². The number of pyridine rings is 1. The first-order chi connectivity index (χ1) is 11.7. The Balaban J connectivity index is 1.55. The van der Waals surface area contributed by atoms with Gasteiger partial charge < -0.3 is 9.64 Å². The maximum Gasteiger partial charge on any atom is 0.255 e. The quantitative estimate of drug-likeness (QED) is 0.859. The van der Waals surface area contributed by atoms with Gasteiger partial charge in [0, 0.05) is 37.2 Å². The number of piperidine rings is 1. The summed E-state index contributed by atoms with van der Waals surface area (Å²) in [6.45, 7) is 1.27. The summed E-state index contributed by atoms with van der Waals surface area (Å²) in [4.78, 5) is 18.2. The number of hydrogen-bond donors (Lipinski definition) is 0. The number of ether oxygens (including phenoxy) is 1. The zero-order valence-electron chi connectivity index (χ0n) is 13.0. The molecule has 0 atom stereocenters. The molecule has 1 aromatic carbocycles. The minimum atomic E-state index is -0.0584. The van der Waals surface area contributed by atoms with Gasteiger partial charge in [-0.1, -0.05) is 11.6 Å². The van der Waals surface area contributed by atoms with Crippen molar-refractivity contribution in [2.45, 2.75) is 18.9 Å². The molecule has 1 saturated heterocycles. The molecular formula is C18H16ClN3O2. The van der Waals surface area contributed by atoms with Gasteiger partial charge in [-0.05, 0) is 36.4 Å². The largest absolute Gasteiger partial charge is 0.490 e. The van der Waals surface area contributed by atoms with Crippen molar-refractivity contribution in [3.8, 4) is 11.8 Å². The van der Waals surface area contributed by atoms with Crippen LogP contribution in [-0.2, 0) is 0 Å². The first kappa shape index (κ1) is 16.3. The van der Waals surface area contributed by atoms with E-state index in [2.05, 4.69) is 4.98 Å². The first-order valence-electron chi connectivity index (χ1n) is 7.73. The summed E-state index contributed by atoms with van der Waals surface area (Å²) in [6.07, 6.45) is 3.10. The zero-order chi connectivity index (χ0) is 16.9. The molecule has 3 rings (SSSR count). The number of nitrogens with zero attached hydrogens (tertiary/aromatic N) is 3. The van der Waals surface area contributed by atoms with Crippen molar-refractivity contribution in [2.75, 3.05) is 13.1 Å². The fourth-order valence-corrected chi connectivity index (χ4v) is 2.78. The third-order valence-corrected chi connectivity index (χ3v) is 4.22. The molecule has 0 aliphatic carbocycles. The average molecular weight is 342 g/mol. The summed E-state index contributed by atoms with van der Waals surface area (Å²) in [7, 11) is 0. The van der Waals surface area contributed by atoms with Crippen LogP contribution in [0.2, 0.25) is 5.02 Å². The maximum absolute atomic E-state index is 12.4. The van der Waals surface area contributed by atoms with Crippen molar-refractivity contribution in [2.24, 2.45) is 0 Å². The minimum Gasteiger partial charge on any atom is -0.490 e. The SMILES string of the molecule is N#Cc1ccc(C(=O)N2CCC(Oc3ccc(Cl)cc3)CC2)cn1. The highest BCUT2D eigenvalue weighted by Crippen LogP contribution is 2.21. The summed E-state index contributed by atoms with van der Waals surface area (Å²) in [5.74, 6) is 0.734. The van der Waals surface area contributed by atoms with Gasteiger partial charge in [0.15, 0.2) is 0 Å². The second kappa shape index (κ2) is 7.33. The van der Waals surface area contributed by atoms with Crippen molar-refractivity contribution in [1.29, 1.82) is 5.26 Å². The molecule has 0 spiro atoms. The fourth-order valence-electron chi connectivity index (χ4n) is 2.65. The lowest BCUT2D eigenvalue weighted by Gasteiger charge is -2.32. The molecule has 24 heavy (non-hydrogen) atoms. The first-order valence-corrected chi connectivity index (χ1v) is 8.11. The van der Waals surface area contributed by atoms with E-state index < -0.39 is 0 Å². The summed E-state index contributed by atoms with van der Waals surface area (Å²) in [6, 6.07) is 12.4. The molecule has 1 aromatic heterocycles. The Labute approximate surface area is 145 Å². The summed E-state index contributed by atoms with van der Waals surface area (Å²) < 4.78 is 5.93. The number of rotatable bonds is 3. The lowest BCUT2D eigenvalue weighted by molar-refractivity contribution is 0.0595. The van der Waals surface area contributed by atoms with Crippen LogP contribution in [0.5, 0.6) is 5.75 Å². The van der Waals surface area contributed by atoms with Gasteiger partial charge in [-0.15, -0.1) is 0 Å². The van der Waals surface area contributed by atoms with Crippen LogP contribution in [0.25, 0.3) is 0 Å². The molecular weight excluding hydrogens is 326 g/mol. The second-order valence-corrected chi connectivity index (χ2v) is 6.04. The van der Waals surface area contributed by atoms with Gasteiger partial charge in [0.1, 0.15) is 23.6 Å². The van der Waals surface area contributed by atoms with Gasteiger partial charge in [0.05, 0.1) is 5.56 Å². The van der Waals surface area contributed by atoms with Gasteiger partial charge >= 0.3 is 0 Å². The lowest BCUT2D eigenvalue weighted by Crippen LogP contribution is -2.41. The number of aromatic nitrogens is 1. The number of benzene rings is 1. The monoisotopic (exact) mass is 341 g/mol. The molecule has 6 heteroatoms. The van der Waals surface area contributed by atoms with E-state index in [1.165, 1.54) is 6.20 Å². The smallest absolute Gasteiger partial charge is 0.255 e. The van der Waals surface area contributed by atoms with E-state index >= 15 is 0 Å². The highest BCUT2D eigenvalue weighted by atomic mass is 35.5. The molecule has 1 aliphatic heterocycles. The Morgan fingerprint density at radius 3 is 2.50 bits per heavy atom. The zero-order valence-corrected chi connectivity index (χ0v) is 13.7. The standard InChI is InChI=1S/C18H16ClN3O2/c19-14-2-5-16(6-3-14)24-17-7-9-22(10-8-17)18(23)13-1-4-15(11-20)21-12-13/h1-6,12,17H,7-10H2. The molecule has 2 aromatic rings. The molecule has 0 saturated carbocycles. The normalized spacial score (nSPS) is 14.9. The van der Waals surface area contributed by atoms with Crippen LogP contribution < -0.4 is 4.74 Å². The van der Waals surface area contributed by atoms with Crippen LogP contribution in [0.1, 0.15) is 28.9 Å². The predicted molar refractivity (Wildman–Crippen MR) is 90.0 cm³/mol. The topological polar surface area (TPSA) is 66.2 Å². The van der Waals surface area contributed by atoms with E-state index in [0.717, 1.165) is 18.6 Å². The van der Waals surface area contributed by atoms with E-state index in [1.807, 2.05) is 18.2 Å². The molecule has 1 aliphatic rings. The second-order valence-electron chi connectivity index (χ2n) is 5.61. The van der Waals surface area contributed by atoms with Crippen LogP contribution in [0.4, 0.5) is 0 Å². The van der Waals surface area contributed by atoms with Gasteiger partial charge in [-0.25, -0.2) is 4.98 Å². The molecule has 0 N–H and O–H groups in total. The Hall–Kier alpha value is -2.58. The Morgan fingerprint density at radius 1 is 1.21 bits per heavy atom. The predicted octanol–water partition coefficient (Wildman–Crippen LogP) is 3.29. The Morgan fingerprint density at radius 2 is 1.92 bits per heavy atom. The highest BCUT2D eigenvalue weighted by molar-refractivity contribution is 6.30. The molecule has 5 nitrogen and oxygen atoms in total. The van der Waals surface area contributed by atoms with Gasteiger partial charge in [0.25, 0.3) is 5.91 Å². The molecule has 0 bridgehead atoms. The average Bonchev–Trinajstić information content (AvgIpc) is 2.64. The number of carbonyl (C=O) groups excluding carboxylic acids is 1. The number of hydrogen-bond acceptors (Lipinski definition) is 4. The minimum absolute atomic E-state index is 0.0584. The third kappa shape index (κ3) is 3.84.